The molecular weight excluding hydrogens is 284 g/mol. The molecule has 104 valence electrons. The topological polar surface area (TPSA) is 125 Å². The Labute approximate surface area is 105 Å². The lowest BCUT2D eigenvalue weighted by Gasteiger charge is -2.23. The standard InChI is InChI=1S/C5H12O10S2/c1-3(16-14-11-7)5(9-13-10-6)4(2)17-15-12-8/h3-8H,1-2H3. The Hall–Kier alpha value is 0.300. The van der Waals surface area contributed by atoms with Gasteiger partial charge in [0.2, 0.25) is 0 Å². The molecule has 0 aromatic heterocycles. The van der Waals surface area contributed by atoms with Crippen LogP contribution in [-0.4, -0.2) is 32.4 Å². The van der Waals surface area contributed by atoms with E-state index in [9.17, 15) is 0 Å². The minimum Gasteiger partial charge on any atom is -0.220 e. The highest BCUT2D eigenvalue weighted by Gasteiger charge is 2.29. The van der Waals surface area contributed by atoms with Crippen LogP contribution in [-0.2, 0) is 33.7 Å². The average Bonchev–Trinajstić information content (AvgIpc) is 2.34. The quantitative estimate of drug-likeness (QED) is 0.291. The Morgan fingerprint density at radius 1 is 0.824 bits per heavy atom. The number of rotatable bonds is 11. The highest BCUT2D eigenvalue weighted by atomic mass is 32.2. The van der Waals surface area contributed by atoms with Gasteiger partial charge in [-0.25, -0.2) is 15.8 Å². The molecule has 0 rings (SSSR count). The molecule has 0 aromatic carbocycles. The Balaban J connectivity index is 4.17. The summed E-state index contributed by atoms with van der Waals surface area (Å²) in [5.41, 5.74) is 0. The zero-order chi connectivity index (χ0) is 13.1. The maximum Gasteiger partial charge on any atom is 0.124 e. The largest absolute Gasteiger partial charge is 0.220 e. The maximum absolute atomic E-state index is 7.99. The fourth-order valence-electron chi connectivity index (χ4n) is 0.870. The van der Waals surface area contributed by atoms with Crippen LogP contribution in [0.25, 0.3) is 0 Å². The number of hydrogen-bond acceptors (Lipinski definition) is 12. The minimum atomic E-state index is -0.734. The SMILES string of the molecule is CC(SOOO)C(OOOO)C(C)SOOO. The highest BCUT2D eigenvalue weighted by Crippen LogP contribution is 2.27. The molecule has 10 nitrogen and oxygen atoms in total. The second-order valence-electron chi connectivity index (χ2n) is 2.59. The van der Waals surface area contributed by atoms with Crippen molar-refractivity contribution in [1.82, 2.24) is 0 Å². The summed E-state index contributed by atoms with van der Waals surface area (Å²) in [6.07, 6.45) is -0.734. The Morgan fingerprint density at radius 2 is 1.29 bits per heavy atom. The summed E-state index contributed by atoms with van der Waals surface area (Å²) in [7, 11) is 0. The van der Waals surface area contributed by atoms with Crippen LogP contribution in [0.1, 0.15) is 13.8 Å². The van der Waals surface area contributed by atoms with Gasteiger partial charge in [-0.3, -0.25) is 0 Å². The van der Waals surface area contributed by atoms with Gasteiger partial charge in [0, 0.05) is 24.1 Å². The molecule has 2 unspecified atom stereocenters. The summed E-state index contributed by atoms with van der Waals surface area (Å²) < 4.78 is 8.43. The van der Waals surface area contributed by atoms with Gasteiger partial charge in [-0.15, -0.1) is 8.67 Å². The summed E-state index contributed by atoms with van der Waals surface area (Å²) in [5.74, 6) is 0. The molecule has 0 saturated carbocycles. The summed E-state index contributed by atoms with van der Waals surface area (Å²) in [5, 5.41) is 37.1. The molecule has 0 saturated heterocycles. The first-order valence-electron chi connectivity index (χ1n) is 4.08. The van der Waals surface area contributed by atoms with Crippen LogP contribution in [0.4, 0.5) is 0 Å². The Morgan fingerprint density at radius 3 is 1.65 bits per heavy atom. The third kappa shape index (κ3) is 8.09. The molecule has 0 amide bonds. The van der Waals surface area contributed by atoms with Gasteiger partial charge >= 0.3 is 0 Å². The lowest BCUT2D eigenvalue weighted by atomic mass is 10.2. The fraction of sp³-hybridized carbons (Fsp3) is 1.00. The van der Waals surface area contributed by atoms with E-state index in [1.807, 2.05) is 0 Å². The van der Waals surface area contributed by atoms with Gasteiger partial charge in [0.15, 0.2) is 0 Å². The van der Waals surface area contributed by atoms with E-state index < -0.39 is 16.6 Å². The zero-order valence-corrected chi connectivity index (χ0v) is 10.4. The van der Waals surface area contributed by atoms with E-state index in [1.54, 1.807) is 13.8 Å². The van der Waals surface area contributed by atoms with Gasteiger partial charge in [-0.1, -0.05) is 10.1 Å². The molecule has 0 aliphatic heterocycles. The van der Waals surface area contributed by atoms with Crippen molar-refractivity contribution in [1.29, 1.82) is 0 Å². The van der Waals surface area contributed by atoms with Crippen LogP contribution in [0.2, 0.25) is 0 Å². The maximum atomic E-state index is 7.99. The summed E-state index contributed by atoms with van der Waals surface area (Å²) >= 11 is 1.42. The molecule has 0 heterocycles. The van der Waals surface area contributed by atoms with Gasteiger partial charge in [-0.05, 0) is 23.9 Å². The van der Waals surface area contributed by atoms with Crippen LogP contribution in [0.3, 0.4) is 0 Å². The number of hydrogen-bond donors (Lipinski definition) is 3. The van der Waals surface area contributed by atoms with E-state index in [4.69, 9.17) is 15.8 Å². The Bertz CT molecular complexity index is 159. The van der Waals surface area contributed by atoms with Crippen molar-refractivity contribution in [3.05, 3.63) is 0 Å². The predicted molar refractivity (Wildman–Crippen MR) is 53.4 cm³/mol. The van der Waals surface area contributed by atoms with E-state index in [2.05, 4.69) is 33.7 Å². The van der Waals surface area contributed by atoms with Gasteiger partial charge < -0.3 is 0 Å². The van der Waals surface area contributed by atoms with Crippen LogP contribution < -0.4 is 0 Å². The molecule has 2 atom stereocenters. The molecule has 0 fully saturated rings. The second kappa shape index (κ2) is 11.4. The summed E-state index contributed by atoms with van der Waals surface area (Å²) in [6.45, 7) is 3.26. The first-order chi connectivity index (χ1) is 8.17. The summed E-state index contributed by atoms with van der Waals surface area (Å²) in [4.78, 5) is 4.66. The van der Waals surface area contributed by atoms with E-state index >= 15 is 0 Å². The molecule has 0 aromatic rings. The first kappa shape index (κ1) is 17.3. The molecule has 12 heteroatoms. The minimum absolute atomic E-state index is 0.429. The van der Waals surface area contributed by atoms with Crippen molar-refractivity contribution >= 4 is 24.1 Å². The fourth-order valence-corrected chi connectivity index (χ4v) is 2.07. The van der Waals surface area contributed by atoms with Gasteiger partial charge in [0.1, 0.15) is 6.10 Å². The highest BCUT2D eigenvalue weighted by molar-refractivity contribution is 7.96. The van der Waals surface area contributed by atoms with Crippen molar-refractivity contribution in [2.24, 2.45) is 0 Å². The van der Waals surface area contributed by atoms with Gasteiger partial charge in [0.05, 0.1) is 10.5 Å². The van der Waals surface area contributed by atoms with Crippen molar-refractivity contribution in [2.75, 3.05) is 0 Å². The van der Waals surface area contributed by atoms with Crippen LogP contribution in [0.5, 0.6) is 0 Å². The van der Waals surface area contributed by atoms with Crippen LogP contribution in [0, 0.1) is 0 Å². The molecule has 0 spiro atoms. The Kier molecular flexibility index (Phi) is 11.6. The smallest absolute Gasteiger partial charge is 0.124 e. The lowest BCUT2D eigenvalue weighted by Crippen LogP contribution is -2.33. The monoisotopic (exact) mass is 296 g/mol. The molecule has 0 radical (unpaired) electrons. The lowest BCUT2D eigenvalue weighted by molar-refractivity contribution is -0.631. The van der Waals surface area contributed by atoms with Gasteiger partial charge in [-0.2, -0.15) is 4.89 Å². The zero-order valence-electron chi connectivity index (χ0n) is 8.75. The molecule has 0 aliphatic rings. The van der Waals surface area contributed by atoms with E-state index in [-0.39, 0.29) is 0 Å². The van der Waals surface area contributed by atoms with Crippen molar-refractivity contribution in [3.8, 4) is 0 Å². The third-order valence-electron chi connectivity index (χ3n) is 1.55. The summed E-state index contributed by atoms with van der Waals surface area (Å²) in [6, 6.07) is 0. The second-order valence-corrected chi connectivity index (χ2v) is 4.74. The van der Waals surface area contributed by atoms with Crippen molar-refractivity contribution < 1.29 is 49.5 Å². The van der Waals surface area contributed by atoms with E-state index in [0.29, 0.717) is 24.1 Å². The van der Waals surface area contributed by atoms with E-state index in [0.717, 1.165) is 0 Å². The molecule has 3 N–H and O–H groups in total. The third-order valence-corrected chi connectivity index (χ3v) is 2.97. The van der Waals surface area contributed by atoms with Crippen molar-refractivity contribution in [3.63, 3.8) is 0 Å². The van der Waals surface area contributed by atoms with Crippen LogP contribution in [0.15, 0.2) is 0 Å². The predicted octanol–water partition coefficient (Wildman–Crippen LogP) is 1.62. The molecule has 0 aliphatic carbocycles. The van der Waals surface area contributed by atoms with Crippen LogP contribution >= 0.6 is 24.1 Å². The van der Waals surface area contributed by atoms with Crippen molar-refractivity contribution in [2.45, 2.75) is 30.5 Å². The normalized spacial score (nSPS) is 16.8. The molecule has 17 heavy (non-hydrogen) atoms. The molecule has 0 bridgehead atoms. The average molecular weight is 296 g/mol. The molecular formula is C5H12O10S2. The first-order valence-corrected chi connectivity index (χ1v) is 5.69. The van der Waals surface area contributed by atoms with E-state index in [1.165, 1.54) is 0 Å². The van der Waals surface area contributed by atoms with Gasteiger partial charge in [0.25, 0.3) is 0 Å².